The molecule has 3 rings (SSSR count). The van der Waals surface area contributed by atoms with Crippen molar-refractivity contribution >= 4 is 5.97 Å². The summed E-state index contributed by atoms with van der Waals surface area (Å²) in [5.74, 6) is 0.688. The maximum absolute atomic E-state index is 13.9. The monoisotopic (exact) mass is 436 g/mol. The van der Waals surface area contributed by atoms with Gasteiger partial charge in [0, 0.05) is 0 Å². The summed E-state index contributed by atoms with van der Waals surface area (Å²) in [6.07, 6.45) is 3.71. The summed E-state index contributed by atoms with van der Waals surface area (Å²) < 4.78 is 24.8. The molecule has 0 heterocycles. The summed E-state index contributed by atoms with van der Waals surface area (Å²) in [7, 11) is 0. The Labute approximate surface area is 188 Å². The number of hydrogen-bond acceptors (Lipinski definition) is 4. The second-order valence-electron chi connectivity index (χ2n) is 7.74. The van der Waals surface area contributed by atoms with E-state index in [-0.39, 0.29) is 12.4 Å². The van der Waals surface area contributed by atoms with Crippen molar-refractivity contribution in [3.05, 3.63) is 78.4 Å². The standard InChI is InChI=1S/C27H29FO4/c1-2-3-4-5-6-23(28)19-31-25-15-11-22(12-16-25)27(30)32-26-17-9-21(10-18-26)20-7-13-24(29)14-8-20/h7-18,23,29H,2-6,19H2,1H3. The molecule has 0 fully saturated rings. The number of carbonyl (C=O) groups is 1. The summed E-state index contributed by atoms with van der Waals surface area (Å²) in [4.78, 5) is 12.4. The van der Waals surface area contributed by atoms with Gasteiger partial charge in [-0.05, 0) is 66.1 Å². The van der Waals surface area contributed by atoms with E-state index in [0.717, 1.165) is 36.8 Å². The molecule has 0 aliphatic rings. The summed E-state index contributed by atoms with van der Waals surface area (Å²) in [5, 5.41) is 9.39. The predicted molar refractivity (Wildman–Crippen MR) is 124 cm³/mol. The molecule has 1 N–H and O–H groups in total. The second-order valence-corrected chi connectivity index (χ2v) is 7.74. The Bertz CT molecular complexity index is 966. The van der Waals surface area contributed by atoms with E-state index in [9.17, 15) is 14.3 Å². The lowest BCUT2D eigenvalue weighted by molar-refractivity contribution is 0.0734. The Morgan fingerprint density at radius 2 is 1.44 bits per heavy atom. The van der Waals surface area contributed by atoms with E-state index in [1.807, 2.05) is 24.3 Å². The van der Waals surface area contributed by atoms with Crippen LogP contribution in [0.25, 0.3) is 11.1 Å². The quantitative estimate of drug-likeness (QED) is 0.200. The highest BCUT2D eigenvalue weighted by molar-refractivity contribution is 5.91. The third-order valence-corrected chi connectivity index (χ3v) is 5.16. The van der Waals surface area contributed by atoms with Crippen molar-refractivity contribution in [1.82, 2.24) is 0 Å². The van der Waals surface area contributed by atoms with Gasteiger partial charge in [0.25, 0.3) is 0 Å². The molecule has 0 aliphatic carbocycles. The summed E-state index contributed by atoms with van der Waals surface area (Å²) in [5.41, 5.74) is 2.28. The van der Waals surface area contributed by atoms with Gasteiger partial charge in [-0.25, -0.2) is 9.18 Å². The molecule has 0 bridgehead atoms. The number of benzene rings is 3. The van der Waals surface area contributed by atoms with Gasteiger partial charge >= 0.3 is 5.97 Å². The van der Waals surface area contributed by atoms with Gasteiger partial charge in [0.1, 0.15) is 30.0 Å². The average molecular weight is 437 g/mol. The lowest BCUT2D eigenvalue weighted by Crippen LogP contribution is -2.13. The van der Waals surface area contributed by atoms with Gasteiger partial charge in [-0.15, -0.1) is 0 Å². The van der Waals surface area contributed by atoms with Crippen LogP contribution < -0.4 is 9.47 Å². The van der Waals surface area contributed by atoms with E-state index in [0.29, 0.717) is 23.5 Å². The van der Waals surface area contributed by atoms with Crippen LogP contribution in [0, 0.1) is 0 Å². The fourth-order valence-corrected chi connectivity index (χ4v) is 3.29. The van der Waals surface area contributed by atoms with Crippen molar-refractivity contribution in [1.29, 1.82) is 0 Å². The van der Waals surface area contributed by atoms with E-state index < -0.39 is 12.1 Å². The molecule has 168 valence electrons. The number of phenols is 1. The second kappa shape index (κ2) is 11.9. The van der Waals surface area contributed by atoms with E-state index >= 15 is 0 Å². The highest BCUT2D eigenvalue weighted by Gasteiger charge is 2.11. The predicted octanol–water partition coefficient (Wildman–Crippen LogP) is 6.97. The molecule has 3 aromatic rings. The number of phenolic OH excluding ortho intramolecular Hbond substituents is 1. The van der Waals surface area contributed by atoms with Gasteiger partial charge in [-0.2, -0.15) is 0 Å². The van der Waals surface area contributed by atoms with Gasteiger partial charge in [-0.1, -0.05) is 56.9 Å². The van der Waals surface area contributed by atoms with Crippen LogP contribution >= 0.6 is 0 Å². The first-order chi connectivity index (χ1) is 15.5. The third-order valence-electron chi connectivity index (χ3n) is 5.16. The molecule has 0 aliphatic heterocycles. The normalized spacial score (nSPS) is 11.7. The smallest absolute Gasteiger partial charge is 0.343 e. The van der Waals surface area contributed by atoms with Crippen molar-refractivity contribution in [3.63, 3.8) is 0 Å². The van der Waals surface area contributed by atoms with Crippen LogP contribution in [0.15, 0.2) is 72.8 Å². The molecule has 0 aromatic heterocycles. The van der Waals surface area contributed by atoms with Crippen LogP contribution in [0.5, 0.6) is 17.2 Å². The van der Waals surface area contributed by atoms with Gasteiger partial charge < -0.3 is 14.6 Å². The van der Waals surface area contributed by atoms with E-state index in [2.05, 4.69) is 6.92 Å². The Morgan fingerprint density at radius 1 is 0.844 bits per heavy atom. The molecule has 32 heavy (non-hydrogen) atoms. The highest BCUT2D eigenvalue weighted by atomic mass is 19.1. The molecule has 0 saturated heterocycles. The van der Waals surface area contributed by atoms with Crippen LogP contribution in [0.1, 0.15) is 49.4 Å². The minimum Gasteiger partial charge on any atom is -0.508 e. The molecule has 5 heteroatoms. The van der Waals surface area contributed by atoms with Gasteiger partial charge in [-0.3, -0.25) is 0 Å². The van der Waals surface area contributed by atoms with E-state index in [1.165, 1.54) is 0 Å². The van der Waals surface area contributed by atoms with Crippen molar-refractivity contribution in [3.8, 4) is 28.4 Å². The first-order valence-corrected chi connectivity index (χ1v) is 11.0. The Hall–Kier alpha value is -3.34. The SMILES string of the molecule is CCCCCCC(F)COc1ccc(C(=O)Oc2ccc(-c3ccc(O)cc3)cc2)cc1. The first-order valence-electron chi connectivity index (χ1n) is 11.0. The lowest BCUT2D eigenvalue weighted by Gasteiger charge is -2.11. The molecule has 0 radical (unpaired) electrons. The number of ether oxygens (including phenoxy) is 2. The minimum atomic E-state index is -0.985. The zero-order chi connectivity index (χ0) is 22.8. The fourth-order valence-electron chi connectivity index (χ4n) is 3.29. The van der Waals surface area contributed by atoms with Crippen molar-refractivity contribution in [2.75, 3.05) is 6.61 Å². The Kier molecular flexibility index (Phi) is 8.67. The molecule has 0 amide bonds. The lowest BCUT2D eigenvalue weighted by atomic mass is 10.1. The number of alkyl halides is 1. The number of halogens is 1. The van der Waals surface area contributed by atoms with Crippen LogP contribution in [0.2, 0.25) is 0 Å². The maximum atomic E-state index is 13.9. The number of unbranched alkanes of at least 4 members (excludes halogenated alkanes) is 3. The van der Waals surface area contributed by atoms with Crippen LogP contribution in [-0.4, -0.2) is 23.9 Å². The van der Waals surface area contributed by atoms with Crippen LogP contribution in [-0.2, 0) is 0 Å². The van der Waals surface area contributed by atoms with E-state index in [4.69, 9.17) is 9.47 Å². The minimum absolute atomic E-state index is 0.0172. The number of carbonyl (C=O) groups excluding carboxylic acids is 1. The number of hydrogen-bond donors (Lipinski definition) is 1. The average Bonchev–Trinajstić information content (AvgIpc) is 2.82. The molecule has 0 saturated carbocycles. The maximum Gasteiger partial charge on any atom is 0.343 e. The topological polar surface area (TPSA) is 55.8 Å². The molecule has 0 spiro atoms. The van der Waals surface area contributed by atoms with Crippen molar-refractivity contribution < 1.29 is 23.8 Å². The number of aromatic hydroxyl groups is 1. The summed E-state index contributed by atoms with van der Waals surface area (Å²) in [6.45, 7) is 2.15. The van der Waals surface area contributed by atoms with Gasteiger partial charge in [0.15, 0.2) is 0 Å². The third kappa shape index (κ3) is 7.12. The molecule has 3 aromatic carbocycles. The molecular formula is C27H29FO4. The molecule has 4 nitrogen and oxygen atoms in total. The number of rotatable bonds is 11. The Balaban J connectivity index is 1.48. The molecular weight excluding hydrogens is 407 g/mol. The molecule has 1 unspecified atom stereocenters. The van der Waals surface area contributed by atoms with E-state index in [1.54, 1.807) is 48.5 Å². The van der Waals surface area contributed by atoms with Crippen molar-refractivity contribution in [2.45, 2.75) is 45.2 Å². The zero-order valence-corrected chi connectivity index (χ0v) is 18.3. The molecule has 1 atom stereocenters. The van der Waals surface area contributed by atoms with Gasteiger partial charge in [0.05, 0.1) is 5.56 Å². The Morgan fingerprint density at radius 3 is 2.06 bits per heavy atom. The summed E-state index contributed by atoms with van der Waals surface area (Å²) in [6, 6.07) is 20.5. The number of esters is 1. The summed E-state index contributed by atoms with van der Waals surface area (Å²) >= 11 is 0. The highest BCUT2D eigenvalue weighted by Crippen LogP contribution is 2.25. The van der Waals surface area contributed by atoms with Crippen LogP contribution in [0.4, 0.5) is 4.39 Å². The van der Waals surface area contributed by atoms with Crippen LogP contribution in [0.3, 0.4) is 0 Å². The zero-order valence-electron chi connectivity index (χ0n) is 18.3. The fraction of sp³-hybridized carbons (Fsp3) is 0.296. The first kappa shape index (κ1) is 23.3. The van der Waals surface area contributed by atoms with Gasteiger partial charge in [0.2, 0.25) is 0 Å². The largest absolute Gasteiger partial charge is 0.508 e. The van der Waals surface area contributed by atoms with Crippen molar-refractivity contribution in [2.24, 2.45) is 0 Å².